The van der Waals surface area contributed by atoms with Gasteiger partial charge < -0.3 is 15.2 Å². The van der Waals surface area contributed by atoms with Gasteiger partial charge in [-0.25, -0.2) is 4.98 Å². The lowest BCUT2D eigenvalue weighted by Crippen LogP contribution is -1.98. The van der Waals surface area contributed by atoms with Gasteiger partial charge in [0.2, 0.25) is 11.6 Å². The van der Waals surface area contributed by atoms with Gasteiger partial charge in [-0.05, 0) is 11.6 Å². The van der Waals surface area contributed by atoms with Gasteiger partial charge in [-0.1, -0.05) is 6.07 Å². The Morgan fingerprint density at radius 3 is 2.70 bits per heavy atom. The van der Waals surface area contributed by atoms with E-state index in [1.54, 1.807) is 18.3 Å². The number of pyridine rings is 1. The molecule has 0 atom stereocenters. The molecule has 0 aliphatic rings. The van der Waals surface area contributed by atoms with E-state index >= 15 is 0 Å². The molecular formula is C13H13N3O4. The molecule has 0 fully saturated rings. The average Bonchev–Trinajstić information content (AvgIpc) is 2.47. The molecule has 0 radical (unpaired) electrons. The second-order valence-electron chi connectivity index (χ2n) is 3.90. The third-order valence-electron chi connectivity index (χ3n) is 2.61. The SMILES string of the molecule is COc1ccc([N+](=O)[O-])c(Oc2ccc(CN)cn2)c1. The molecule has 0 aliphatic heterocycles. The van der Waals surface area contributed by atoms with Gasteiger partial charge in [-0.2, -0.15) is 0 Å². The van der Waals surface area contributed by atoms with Crippen LogP contribution in [0.15, 0.2) is 36.5 Å². The maximum absolute atomic E-state index is 11.0. The van der Waals surface area contributed by atoms with Crippen LogP contribution in [0.25, 0.3) is 0 Å². The van der Waals surface area contributed by atoms with E-state index in [1.165, 1.54) is 25.3 Å². The lowest BCUT2D eigenvalue weighted by Gasteiger charge is -2.07. The second kappa shape index (κ2) is 5.98. The van der Waals surface area contributed by atoms with Gasteiger partial charge in [0, 0.05) is 30.9 Å². The summed E-state index contributed by atoms with van der Waals surface area (Å²) in [5, 5.41) is 11.0. The maximum Gasteiger partial charge on any atom is 0.311 e. The van der Waals surface area contributed by atoms with Crippen molar-refractivity contribution in [3.8, 4) is 17.4 Å². The number of hydrogen-bond acceptors (Lipinski definition) is 6. The van der Waals surface area contributed by atoms with Gasteiger partial charge in [0.1, 0.15) is 5.75 Å². The average molecular weight is 275 g/mol. The number of aromatic nitrogens is 1. The Hall–Kier alpha value is -2.67. The fourth-order valence-corrected chi connectivity index (χ4v) is 1.56. The van der Waals surface area contributed by atoms with Crippen molar-refractivity contribution in [1.82, 2.24) is 4.98 Å². The Balaban J connectivity index is 2.32. The van der Waals surface area contributed by atoms with E-state index in [1.807, 2.05) is 0 Å². The zero-order valence-electron chi connectivity index (χ0n) is 10.8. The topological polar surface area (TPSA) is 101 Å². The third kappa shape index (κ3) is 3.01. The number of nitro groups is 1. The number of nitrogens with two attached hydrogens (primary N) is 1. The molecule has 0 spiro atoms. The highest BCUT2D eigenvalue weighted by molar-refractivity contribution is 5.51. The third-order valence-corrected chi connectivity index (χ3v) is 2.61. The summed E-state index contributed by atoms with van der Waals surface area (Å²) in [4.78, 5) is 14.5. The molecule has 0 aliphatic carbocycles. The van der Waals surface area contributed by atoms with Crippen LogP contribution in [0.5, 0.6) is 17.4 Å². The molecule has 0 bridgehead atoms. The first-order chi connectivity index (χ1) is 9.63. The summed E-state index contributed by atoms with van der Waals surface area (Å²) in [5.41, 5.74) is 6.16. The van der Waals surface area contributed by atoms with Crippen molar-refractivity contribution in [3.05, 3.63) is 52.2 Å². The molecule has 0 saturated carbocycles. The molecule has 20 heavy (non-hydrogen) atoms. The minimum Gasteiger partial charge on any atom is -0.497 e. The van der Waals surface area contributed by atoms with Gasteiger partial charge in [-0.15, -0.1) is 0 Å². The summed E-state index contributed by atoms with van der Waals surface area (Å²) in [5.74, 6) is 0.782. The van der Waals surface area contributed by atoms with E-state index in [0.29, 0.717) is 12.3 Å². The molecule has 0 unspecified atom stereocenters. The van der Waals surface area contributed by atoms with Crippen molar-refractivity contribution < 1.29 is 14.4 Å². The first-order valence-corrected chi connectivity index (χ1v) is 5.79. The molecule has 2 rings (SSSR count). The van der Waals surface area contributed by atoms with Crippen LogP contribution in [0.1, 0.15) is 5.56 Å². The van der Waals surface area contributed by atoms with Crippen molar-refractivity contribution in [2.24, 2.45) is 5.73 Å². The summed E-state index contributed by atoms with van der Waals surface area (Å²) >= 11 is 0. The van der Waals surface area contributed by atoms with E-state index in [-0.39, 0.29) is 17.3 Å². The van der Waals surface area contributed by atoms with E-state index in [9.17, 15) is 10.1 Å². The Bertz CT molecular complexity index is 614. The van der Waals surface area contributed by atoms with Crippen molar-refractivity contribution in [2.75, 3.05) is 7.11 Å². The highest BCUT2D eigenvalue weighted by Crippen LogP contribution is 2.33. The molecule has 0 saturated heterocycles. The molecule has 0 amide bonds. The van der Waals surface area contributed by atoms with Gasteiger partial charge in [0.15, 0.2) is 0 Å². The largest absolute Gasteiger partial charge is 0.497 e. The minimum absolute atomic E-state index is 0.0716. The second-order valence-corrected chi connectivity index (χ2v) is 3.90. The van der Waals surface area contributed by atoms with Gasteiger partial charge in [0.25, 0.3) is 0 Å². The number of ether oxygens (including phenoxy) is 2. The molecule has 2 N–H and O–H groups in total. The van der Waals surface area contributed by atoms with Crippen molar-refractivity contribution in [1.29, 1.82) is 0 Å². The summed E-state index contributed by atoms with van der Waals surface area (Å²) in [6.07, 6.45) is 1.56. The van der Waals surface area contributed by atoms with E-state index < -0.39 is 4.92 Å². The van der Waals surface area contributed by atoms with Crippen LogP contribution in [0, 0.1) is 10.1 Å². The van der Waals surface area contributed by atoms with Gasteiger partial charge >= 0.3 is 5.69 Å². The predicted molar refractivity (Wildman–Crippen MR) is 71.9 cm³/mol. The Morgan fingerprint density at radius 1 is 1.35 bits per heavy atom. The summed E-state index contributed by atoms with van der Waals surface area (Å²) in [7, 11) is 1.47. The van der Waals surface area contributed by atoms with Crippen LogP contribution in [0.2, 0.25) is 0 Å². The highest BCUT2D eigenvalue weighted by Gasteiger charge is 2.17. The van der Waals surface area contributed by atoms with Crippen LogP contribution in [-0.4, -0.2) is 17.0 Å². The van der Waals surface area contributed by atoms with E-state index in [0.717, 1.165) is 5.56 Å². The summed E-state index contributed by atoms with van der Waals surface area (Å²) in [6, 6.07) is 7.61. The molecule has 1 aromatic heterocycles. The minimum atomic E-state index is -0.525. The summed E-state index contributed by atoms with van der Waals surface area (Å²) in [6.45, 7) is 0.368. The number of nitro benzene ring substituents is 1. The molecule has 1 aromatic carbocycles. The van der Waals surface area contributed by atoms with Crippen LogP contribution >= 0.6 is 0 Å². The van der Waals surface area contributed by atoms with Crippen LogP contribution in [0.4, 0.5) is 5.69 Å². The van der Waals surface area contributed by atoms with Crippen LogP contribution in [0.3, 0.4) is 0 Å². The van der Waals surface area contributed by atoms with Crippen molar-refractivity contribution in [2.45, 2.75) is 6.54 Å². The smallest absolute Gasteiger partial charge is 0.311 e. The zero-order valence-corrected chi connectivity index (χ0v) is 10.8. The maximum atomic E-state index is 11.0. The standard InChI is InChI=1S/C13H13N3O4/c1-19-10-3-4-11(16(17)18)12(6-10)20-13-5-2-9(7-14)8-15-13/h2-6,8H,7,14H2,1H3. The Labute approximate surface area is 115 Å². The zero-order chi connectivity index (χ0) is 14.5. The fraction of sp³-hybridized carbons (Fsp3) is 0.154. The number of nitrogens with zero attached hydrogens (tertiary/aromatic N) is 2. The molecule has 104 valence electrons. The van der Waals surface area contributed by atoms with Gasteiger partial charge in [-0.3, -0.25) is 10.1 Å². The first-order valence-electron chi connectivity index (χ1n) is 5.79. The number of methoxy groups -OCH3 is 1. The number of hydrogen-bond donors (Lipinski definition) is 1. The normalized spacial score (nSPS) is 10.1. The predicted octanol–water partition coefficient (Wildman–Crippen LogP) is 2.25. The monoisotopic (exact) mass is 275 g/mol. The molecule has 1 heterocycles. The summed E-state index contributed by atoms with van der Waals surface area (Å²) < 4.78 is 10.5. The van der Waals surface area contributed by atoms with E-state index in [4.69, 9.17) is 15.2 Å². The fourth-order valence-electron chi connectivity index (χ4n) is 1.56. The Morgan fingerprint density at radius 2 is 2.15 bits per heavy atom. The van der Waals surface area contributed by atoms with Crippen molar-refractivity contribution >= 4 is 5.69 Å². The molecule has 2 aromatic rings. The first kappa shape index (κ1) is 13.8. The number of rotatable bonds is 5. The van der Waals surface area contributed by atoms with Crippen molar-refractivity contribution in [3.63, 3.8) is 0 Å². The molecular weight excluding hydrogens is 262 g/mol. The van der Waals surface area contributed by atoms with Crippen LogP contribution in [-0.2, 0) is 6.54 Å². The number of benzene rings is 1. The lowest BCUT2D eigenvalue weighted by atomic mass is 10.2. The quantitative estimate of drug-likeness (QED) is 0.663. The molecule has 7 nitrogen and oxygen atoms in total. The highest BCUT2D eigenvalue weighted by atomic mass is 16.6. The molecule has 7 heteroatoms. The van der Waals surface area contributed by atoms with Gasteiger partial charge in [0.05, 0.1) is 12.0 Å². The lowest BCUT2D eigenvalue weighted by molar-refractivity contribution is -0.385. The van der Waals surface area contributed by atoms with Crippen LogP contribution < -0.4 is 15.2 Å². The Kier molecular flexibility index (Phi) is 4.11. The van der Waals surface area contributed by atoms with E-state index in [2.05, 4.69) is 4.98 Å².